The highest BCUT2D eigenvalue weighted by Gasteiger charge is 2.11. The lowest BCUT2D eigenvalue weighted by molar-refractivity contribution is -0.384. The molecule has 3 aromatic rings. The van der Waals surface area contributed by atoms with Crippen molar-refractivity contribution in [3.05, 3.63) is 64.5 Å². The number of H-pyrrole nitrogens is 1. The van der Waals surface area contributed by atoms with Gasteiger partial charge in [0.25, 0.3) is 5.69 Å². The molecule has 0 saturated carbocycles. The minimum atomic E-state index is -0.385. The van der Waals surface area contributed by atoms with E-state index in [-0.39, 0.29) is 10.6 Å². The number of aromatic amines is 1. The number of fused-ring (bicyclic) bond motifs is 1. The monoisotopic (exact) mass is 282 g/mol. The first-order valence-corrected chi connectivity index (χ1v) is 6.65. The summed E-state index contributed by atoms with van der Waals surface area (Å²) in [6.07, 6.45) is 0.667. The van der Waals surface area contributed by atoms with E-state index in [4.69, 9.17) is 0 Å². The smallest absolute Gasteiger partial charge is 0.292 e. The molecular formula is C15H14N4O2. The Balaban J connectivity index is 1.67. The minimum Gasteiger partial charge on any atom is -0.379 e. The Labute approximate surface area is 121 Å². The average Bonchev–Trinajstić information content (AvgIpc) is 2.90. The van der Waals surface area contributed by atoms with Crippen molar-refractivity contribution in [1.82, 2.24) is 9.97 Å². The van der Waals surface area contributed by atoms with Crippen LogP contribution in [0.1, 0.15) is 5.82 Å². The average molecular weight is 282 g/mol. The van der Waals surface area contributed by atoms with Crippen molar-refractivity contribution in [2.24, 2.45) is 0 Å². The number of nitro groups is 1. The van der Waals surface area contributed by atoms with Crippen molar-refractivity contribution >= 4 is 22.4 Å². The van der Waals surface area contributed by atoms with Crippen molar-refractivity contribution in [2.45, 2.75) is 6.42 Å². The van der Waals surface area contributed by atoms with Crippen LogP contribution in [0.5, 0.6) is 0 Å². The molecule has 0 spiro atoms. The Morgan fingerprint density at radius 3 is 2.71 bits per heavy atom. The number of hydrogen-bond acceptors (Lipinski definition) is 4. The second-order valence-electron chi connectivity index (χ2n) is 4.65. The van der Waals surface area contributed by atoms with E-state index in [1.165, 1.54) is 6.07 Å². The summed E-state index contributed by atoms with van der Waals surface area (Å²) in [6.45, 7) is 0.574. The molecule has 0 atom stereocenters. The van der Waals surface area contributed by atoms with Crippen molar-refractivity contribution in [1.29, 1.82) is 0 Å². The van der Waals surface area contributed by atoms with Gasteiger partial charge in [0.1, 0.15) is 11.5 Å². The number of hydrogen-bond donors (Lipinski definition) is 2. The molecule has 0 saturated heterocycles. The molecule has 21 heavy (non-hydrogen) atoms. The van der Waals surface area contributed by atoms with Gasteiger partial charge in [-0.15, -0.1) is 0 Å². The predicted molar refractivity (Wildman–Crippen MR) is 81.4 cm³/mol. The number of nitro benzene ring substituents is 1. The fourth-order valence-electron chi connectivity index (χ4n) is 2.22. The van der Waals surface area contributed by atoms with Crippen LogP contribution in [0.25, 0.3) is 11.0 Å². The molecule has 0 aliphatic heterocycles. The van der Waals surface area contributed by atoms with Crippen LogP contribution in [0.2, 0.25) is 0 Å². The Morgan fingerprint density at radius 2 is 1.90 bits per heavy atom. The summed E-state index contributed by atoms with van der Waals surface area (Å²) in [6, 6.07) is 14.4. The van der Waals surface area contributed by atoms with Crippen molar-refractivity contribution in [3.8, 4) is 0 Å². The van der Waals surface area contributed by atoms with Crippen molar-refractivity contribution in [3.63, 3.8) is 0 Å². The van der Waals surface area contributed by atoms with Crippen LogP contribution < -0.4 is 5.32 Å². The molecule has 0 fully saturated rings. The van der Waals surface area contributed by atoms with Crippen LogP contribution in [-0.2, 0) is 6.42 Å². The molecule has 2 N–H and O–H groups in total. The third kappa shape index (κ3) is 2.84. The molecular weight excluding hydrogens is 268 g/mol. The van der Waals surface area contributed by atoms with Crippen molar-refractivity contribution in [2.75, 3.05) is 11.9 Å². The first-order valence-electron chi connectivity index (χ1n) is 6.65. The van der Waals surface area contributed by atoms with E-state index in [1.807, 2.05) is 24.3 Å². The summed E-state index contributed by atoms with van der Waals surface area (Å²) in [5.74, 6) is 0.863. The summed E-state index contributed by atoms with van der Waals surface area (Å²) in [5, 5.41) is 14.0. The van der Waals surface area contributed by atoms with Crippen molar-refractivity contribution < 1.29 is 4.92 Å². The largest absolute Gasteiger partial charge is 0.379 e. The van der Waals surface area contributed by atoms with Gasteiger partial charge in [-0.2, -0.15) is 0 Å². The molecule has 0 aliphatic carbocycles. The summed E-state index contributed by atoms with van der Waals surface area (Å²) in [5.41, 5.74) is 2.54. The summed E-state index contributed by atoms with van der Waals surface area (Å²) >= 11 is 0. The van der Waals surface area contributed by atoms with Gasteiger partial charge in [-0.05, 0) is 18.2 Å². The maximum absolute atomic E-state index is 10.9. The van der Waals surface area contributed by atoms with Gasteiger partial charge < -0.3 is 10.3 Å². The first kappa shape index (κ1) is 13.1. The van der Waals surface area contributed by atoms with Crippen LogP contribution in [0.3, 0.4) is 0 Å². The SMILES string of the molecule is O=[N+]([O-])c1ccccc1NCCc1nc2ccccc2[nH]1. The van der Waals surface area contributed by atoms with Gasteiger partial charge >= 0.3 is 0 Å². The third-order valence-electron chi connectivity index (χ3n) is 3.22. The summed E-state index contributed by atoms with van der Waals surface area (Å²) < 4.78 is 0. The highest BCUT2D eigenvalue weighted by atomic mass is 16.6. The minimum absolute atomic E-state index is 0.0853. The quantitative estimate of drug-likeness (QED) is 0.556. The number of nitrogens with one attached hydrogen (secondary N) is 2. The lowest BCUT2D eigenvalue weighted by Gasteiger charge is -2.05. The molecule has 0 aliphatic rings. The highest BCUT2D eigenvalue weighted by Crippen LogP contribution is 2.23. The summed E-state index contributed by atoms with van der Waals surface area (Å²) in [4.78, 5) is 18.2. The van der Waals surface area contributed by atoms with E-state index < -0.39 is 0 Å². The maximum atomic E-state index is 10.9. The second kappa shape index (κ2) is 5.62. The normalized spacial score (nSPS) is 10.7. The fourth-order valence-corrected chi connectivity index (χ4v) is 2.22. The topological polar surface area (TPSA) is 83.8 Å². The molecule has 0 bridgehead atoms. The van der Waals surface area contributed by atoms with Crippen LogP contribution in [0, 0.1) is 10.1 Å². The Kier molecular flexibility index (Phi) is 3.51. The van der Waals surface area contributed by atoms with Crippen LogP contribution in [-0.4, -0.2) is 21.4 Å². The Hall–Kier alpha value is -2.89. The molecule has 3 rings (SSSR count). The molecule has 1 heterocycles. The molecule has 2 aromatic carbocycles. The van der Waals surface area contributed by atoms with Gasteiger partial charge in [-0.1, -0.05) is 24.3 Å². The van der Waals surface area contributed by atoms with E-state index in [1.54, 1.807) is 18.2 Å². The number of nitrogens with zero attached hydrogens (tertiary/aromatic N) is 2. The van der Waals surface area contributed by atoms with Crippen LogP contribution in [0.15, 0.2) is 48.5 Å². The molecule has 6 heteroatoms. The van der Waals surface area contributed by atoms with Gasteiger partial charge in [0.15, 0.2) is 0 Å². The van der Waals surface area contributed by atoms with Gasteiger partial charge in [0.05, 0.1) is 16.0 Å². The van der Waals surface area contributed by atoms with Gasteiger partial charge in [0, 0.05) is 19.0 Å². The van der Waals surface area contributed by atoms with Crippen LogP contribution >= 0.6 is 0 Å². The number of imidazole rings is 1. The number of aromatic nitrogens is 2. The van der Waals surface area contributed by atoms with E-state index in [0.29, 0.717) is 18.7 Å². The molecule has 0 amide bonds. The molecule has 6 nitrogen and oxygen atoms in total. The maximum Gasteiger partial charge on any atom is 0.292 e. The zero-order chi connectivity index (χ0) is 14.7. The summed E-state index contributed by atoms with van der Waals surface area (Å²) in [7, 11) is 0. The number of benzene rings is 2. The van der Waals surface area contributed by atoms with Gasteiger partial charge in [-0.25, -0.2) is 4.98 Å². The number of anilines is 1. The van der Waals surface area contributed by atoms with E-state index in [0.717, 1.165) is 16.9 Å². The molecule has 1 aromatic heterocycles. The predicted octanol–water partition coefficient (Wildman–Crippen LogP) is 3.13. The van der Waals surface area contributed by atoms with Gasteiger partial charge in [-0.3, -0.25) is 10.1 Å². The number of para-hydroxylation sites is 4. The zero-order valence-electron chi connectivity index (χ0n) is 11.2. The molecule has 0 unspecified atom stereocenters. The van der Waals surface area contributed by atoms with Crippen LogP contribution in [0.4, 0.5) is 11.4 Å². The second-order valence-corrected chi connectivity index (χ2v) is 4.65. The van der Waals surface area contributed by atoms with E-state index in [9.17, 15) is 10.1 Å². The lowest BCUT2D eigenvalue weighted by atomic mass is 10.2. The first-order chi connectivity index (χ1) is 10.2. The van der Waals surface area contributed by atoms with Gasteiger partial charge in [0.2, 0.25) is 0 Å². The molecule has 0 radical (unpaired) electrons. The van der Waals surface area contributed by atoms with E-state index in [2.05, 4.69) is 15.3 Å². The third-order valence-corrected chi connectivity index (χ3v) is 3.22. The Morgan fingerprint density at radius 1 is 1.14 bits per heavy atom. The number of rotatable bonds is 5. The zero-order valence-corrected chi connectivity index (χ0v) is 11.2. The highest BCUT2D eigenvalue weighted by molar-refractivity contribution is 5.74. The van der Waals surface area contributed by atoms with E-state index >= 15 is 0 Å². The lowest BCUT2D eigenvalue weighted by Crippen LogP contribution is -2.07. The Bertz CT molecular complexity index is 749. The molecule has 106 valence electrons. The fraction of sp³-hybridized carbons (Fsp3) is 0.133. The standard InChI is InChI=1S/C15H14N4O2/c20-19(21)14-8-4-3-7-13(14)16-10-9-15-17-11-5-1-2-6-12(11)18-15/h1-8,16H,9-10H2,(H,17,18).